The van der Waals surface area contributed by atoms with Gasteiger partial charge in [0, 0.05) is 37.7 Å². The summed E-state index contributed by atoms with van der Waals surface area (Å²) in [6.45, 7) is 8.05. The predicted octanol–water partition coefficient (Wildman–Crippen LogP) is 5.63. The van der Waals surface area contributed by atoms with Crippen molar-refractivity contribution in [2.45, 2.75) is 64.3 Å². The number of fused-ring (bicyclic) bond motifs is 1. The molecule has 0 bridgehead atoms. The van der Waals surface area contributed by atoms with Gasteiger partial charge in [0.1, 0.15) is 23.4 Å². The number of alkyl halides is 3. The van der Waals surface area contributed by atoms with Crippen LogP contribution in [0.2, 0.25) is 0 Å². The van der Waals surface area contributed by atoms with E-state index >= 15 is 0 Å². The first-order valence-corrected chi connectivity index (χ1v) is 12.5. The predicted molar refractivity (Wildman–Crippen MR) is 138 cm³/mol. The molecule has 8 nitrogen and oxygen atoms in total. The van der Waals surface area contributed by atoms with Crippen LogP contribution in [-0.4, -0.2) is 44.2 Å². The largest absolute Gasteiger partial charge is 0.444 e. The highest BCUT2D eigenvalue weighted by molar-refractivity contribution is 5.87. The molecule has 1 aliphatic rings. The number of aryl methyl sites for hydroxylation is 1. The molecule has 2 atom stereocenters. The Morgan fingerprint density at radius 1 is 1.18 bits per heavy atom. The molecule has 0 saturated carbocycles. The fourth-order valence-electron chi connectivity index (χ4n) is 4.70. The summed E-state index contributed by atoms with van der Waals surface area (Å²) >= 11 is 0. The molecular formula is C27H32F3N5O3. The number of rotatable bonds is 4. The van der Waals surface area contributed by atoms with E-state index in [2.05, 4.69) is 15.3 Å². The van der Waals surface area contributed by atoms with Crippen LogP contribution in [0.4, 0.5) is 23.8 Å². The maximum Gasteiger partial charge on any atom is 0.416 e. The minimum atomic E-state index is -4.45. The van der Waals surface area contributed by atoms with Crippen LogP contribution in [0.3, 0.4) is 0 Å². The smallest absolute Gasteiger partial charge is 0.416 e. The standard InChI is InChI=1S/C27H32F3N5O3/c1-16(17-8-6-10-19(12-17)27(28,29)30)33-22-21-13-20(24(36)34(5)23(21)32-15-31-22)18-9-7-11-35(14-18)25(37)38-26(2,3)4/h6,8,10,12-13,15-16,18H,7,9,11,14H2,1-5H3,(H,31,32,33)/t16-,18?/m1/s1. The summed E-state index contributed by atoms with van der Waals surface area (Å²) < 4.78 is 46.6. The normalized spacial score (nSPS) is 17.4. The van der Waals surface area contributed by atoms with E-state index in [1.54, 1.807) is 51.8 Å². The van der Waals surface area contributed by atoms with Crippen molar-refractivity contribution in [3.05, 3.63) is 63.7 Å². The number of halogens is 3. The molecule has 3 aromatic rings. The summed E-state index contributed by atoms with van der Waals surface area (Å²) in [6, 6.07) is 6.36. The van der Waals surface area contributed by atoms with Crippen molar-refractivity contribution >= 4 is 22.9 Å². The van der Waals surface area contributed by atoms with Gasteiger partial charge in [-0.25, -0.2) is 14.8 Å². The number of anilines is 1. The maximum atomic E-state index is 13.3. The van der Waals surface area contributed by atoms with Gasteiger partial charge in [0.15, 0.2) is 0 Å². The van der Waals surface area contributed by atoms with Crippen molar-refractivity contribution in [2.24, 2.45) is 7.05 Å². The molecule has 0 aliphatic carbocycles. The molecule has 2 aromatic heterocycles. The molecule has 1 aromatic carbocycles. The number of carbonyl (C=O) groups excluding carboxylic acids is 1. The summed E-state index contributed by atoms with van der Waals surface area (Å²) in [5, 5.41) is 3.76. The van der Waals surface area contributed by atoms with Crippen molar-refractivity contribution in [1.82, 2.24) is 19.4 Å². The quantitative estimate of drug-likeness (QED) is 0.469. The molecule has 0 spiro atoms. The Hall–Kier alpha value is -3.63. The molecule has 0 radical (unpaired) electrons. The van der Waals surface area contributed by atoms with E-state index in [-0.39, 0.29) is 11.5 Å². The highest BCUT2D eigenvalue weighted by Gasteiger charge is 2.32. The fourth-order valence-corrected chi connectivity index (χ4v) is 4.70. The third-order valence-corrected chi connectivity index (χ3v) is 6.61. The van der Waals surface area contributed by atoms with Crippen LogP contribution >= 0.6 is 0 Å². The zero-order chi connectivity index (χ0) is 27.8. The van der Waals surface area contributed by atoms with E-state index in [9.17, 15) is 22.8 Å². The number of piperidine rings is 1. The van der Waals surface area contributed by atoms with Crippen molar-refractivity contribution in [3.63, 3.8) is 0 Å². The summed E-state index contributed by atoms with van der Waals surface area (Å²) in [5.74, 6) is 0.185. The van der Waals surface area contributed by atoms with Crippen LogP contribution in [0.5, 0.6) is 0 Å². The molecule has 1 fully saturated rings. The lowest BCUT2D eigenvalue weighted by molar-refractivity contribution is -0.137. The fraction of sp³-hybridized carbons (Fsp3) is 0.481. The molecule has 1 unspecified atom stereocenters. The Kier molecular flexibility index (Phi) is 7.40. The highest BCUT2D eigenvalue weighted by atomic mass is 19.4. The molecule has 11 heteroatoms. The number of pyridine rings is 1. The van der Waals surface area contributed by atoms with Gasteiger partial charge in [-0.2, -0.15) is 13.2 Å². The first kappa shape index (κ1) is 27.4. The number of hydrogen-bond acceptors (Lipinski definition) is 6. The summed E-state index contributed by atoms with van der Waals surface area (Å²) in [5.41, 5.74) is -0.212. The highest BCUT2D eigenvalue weighted by Crippen LogP contribution is 2.33. The zero-order valence-electron chi connectivity index (χ0n) is 22.1. The average molecular weight is 532 g/mol. The van der Waals surface area contributed by atoms with E-state index in [0.29, 0.717) is 47.5 Å². The SMILES string of the molecule is C[C@@H](Nc1ncnc2c1cc(C1CCCN(C(=O)OC(C)(C)C)C1)c(=O)n2C)c1cccc(C(F)(F)F)c1. The topological polar surface area (TPSA) is 89.4 Å². The summed E-state index contributed by atoms with van der Waals surface area (Å²) in [4.78, 5) is 36.2. The molecule has 3 heterocycles. The molecule has 204 valence electrons. The minimum absolute atomic E-state index is 0.215. The van der Waals surface area contributed by atoms with E-state index in [4.69, 9.17) is 4.74 Å². The molecular weight excluding hydrogens is 499 g/mol. The zero-order valence-corrected chi connectivity index (χ0v) is 22.1. The van der Waals surface area contributed by atoms with E-state index in [1.807, 2.05) is 0 Å². The van der Waals surface area contributed by atoms with Crippen LogP contribution in [0.1, 0.15) is 69.2 Å². The third kappa shape index (κ3) is 5.92. The lowest BCUT2D eigenvalue weighted by atomic mass is 9.91. The lowest BCUT2D eigenvalue weighted by Crippen LogP contribution is -2.43. The first-order valence-electron chi connectivity index (χ1n) is 12.5. The number of carbonyl (C=O) groups is 1. The number of ether oxygens (including phenoxy) is 1. The Morgan fingerprint density at radius 3 is 2.61 bits per heavy atom. The number of aromatic nitrogens is 3. The molecule has 1 saturated heterocycles. The van der Waals surface area contributed by atoms with Crippen LogP contribution < -0.4 is 10.9 Å². The van der Waals surface area contributed by atoms with Gasteiger partial charge in [-0.15, -0.1) is 0 Å². The number of hydrogen-bond donors (Lipinski definition) is 1. The molecule has 1 N–H and O–H groups in total. The number of likely N-dealkylation sites (tertiary alicyclic amines) is 1. The maximum absolute atomic E-state index is 13.3. The lowest BCUT2D eigenvalue weighted by Gasteiger charge is -2.34. The second-order valence-electron chi connectivity index (χ2n) is 10.7. The molecule has 1 aliphatic heterocycles. The number of amides is 1. The Labute approximate surface area is 218 Å². The number of benzene rings is 1. The number of nitrogens with one attached hydrogen (secondary N) is 1. The summed E-state index contributed by atoms with van der Waals surface area (Å²) in [7, 11) is 1.62. The second kappa shape index (κ2) is 10.3. The van der Waals surface area contributed by atoms with Gasteiger partial charge in [0.05, 0.1) is 10.9 Å². The van der Waals surface area contributed by atoms with Crippen molar-refractivity contribution in [1.29, 1.82) is 0 Å². The van der Waals surface area contributed by atoms with E-state index in [1.165, 1.54) is 17.0 Å². The van der Waals surface area contributed by atoms with Gasteiger partial charge in [-0.1, -0.05) is 12.1 Å². The van der Waals surface area contributed by atoms with Crippen LogP contribution in [-0.2, 0) is 18.0 Å². The van der Waals surface area contributed by atoms with Crippen molar-refractivity contribution in [3.8, 4) is 0 Å². The Bertz CT molecular complexity index is 1400. The molecule has 1 amide bonds. The van der Waals surface area contributed by atoms with Gasteiger partial charge >= 0.3 is 12.3 Å². The molecule has 38 heavy (non-hydrogen) atoms. The first-order chi connectivity index (χ1) is 17.7. The van der Waals surface area contributed by atoms with Gasteiger partial charge < -0.3 is 15.0 Å². The Morgan fingerprint density at radius 2 is 1.92 bits per heavy atom. The number of nitrogens with zero attached hydrogens (tertiary/aromatic N) is 4. The van der Waals surface area contributed by atoms with Gasteiger partial charge in [-0.3, -0.25) is 9.36 Å². The molecule has 4 rings (SSSR count). The van der Waals surface area contributed by atoms with Gasteiger partial charge in [0.2, 0.25) is 0 Å². The van der Waals surface area contributed by atoms with Crippen molar-refractivity contribution < 1.29 is 22.7 Å². The van der Waals surface area contributed by atoms with Crippen molar-refractivity contribution in [2.75, 3.05) is 18.4 Å². The summed E-state index contributed by atoms with van der Waals surface area (Å²) in [6.07, 6.45) is -2.11. The van der Waals surface area contributed by atoms with Crippen LogP contribution in [0.15, 0.2) is 41.5 Å². The van der Waals surface area contributed by atoms with Crippen LogP contribution in [0.25, 0.3) is 11.0 Å². The third-order valence-electron chi connectivity index (χ3n) is 6.61. The average Bonchev–Trinajstić information content (AvgIpc) is 2.85. The van der Waals surface area contributed by atoms with Gasteiger partial charge in [0.25, 0.3) is 5.56 Å². The van der Waals surface area contributed by atoms with Gasteiger partial charge in [-0.05, 0) is 64.3 Å². The van der Waals surface area contributed by atoms with Crippen LogP contribution in [0, 0.1) is 0 Å². The van der Waals surface area contributed by atoms with E-state index in [0.717, 1.165) is 18.6 Å². The second-order valence-corrected chi connectivity index (χ2v) is 10.7. The minimum Gasteiger partial charge on any atom is -0.444 e. The monoisotopic (exact) mass is 531 g/mol. The van der Waals surface area contributed by atoms with E-state index < -0.39 is 29.5 Å². The Balaban J connectivity index is 1.67.